The highest BCUT2D eigenvalue weighted by atomic mass is 16.2. The van der Waals surface area contributed by atoms with Gasteiger partial charge < -0.3 is 16.0 Å². The van der Waals surface area contributed by atoms with Crippen molar-refractivity contribution >= 4 is 6.03 Å². The summed E-state index contributed by atoms with van der Waals surface area (Å²) in [6.07, 6.45) is 2.20. The van der Waals surface area contributed by atoms with E-state index in [1.165, 1.54) is 0 Å². The Morgan fingerprint density at radius 3 is 3.00 bits per heavy atom. The number of rotatable bonds is 4. The second-order valence-corrected chi connectivity index (χ2v) is 3.18. The van der Waals surface area contributed by atoms with Crippen LogP contribution in [0.5, 0.6) is 0 Å². The molecule has 1 saturated heterocycles. The predicted octanol–water partition coefficient (Wildman–Crippen LogP) is 0.139. The van der Waals surface area contributed by atoms with Crippen molar-refractivity contribution in [1.29, 1.82) is 0 Å². The molecule has 1 atom stereocenters. The highest BCUT2D eigenvalue weighted by Gasteiger charge is 2.26. The van der Waals surface area contributed by atoms with Crippen LogP contribution in [0.1, 0.15) is 19.8 Å². The maximum absolute atomic E-state index is 11.2. The number of carbonyl (C=O) groups excluding carboxylic acids is 1. The zero-order valence-electron chi connectivity index (χ0n) is 7.55. The Morgan fingerprint density at radius 1 is 1.75 bits per heavy atom. The fraction of sp³-hybridized carbons (Fsp3) is 0.875. The summed E-state index contributed by atoms with van der Waals surface area (Å²) < 4.78 is 0. The molecule has 3 N–H and O–H groups in total. The van der Waals surface area contributed by atoms with Crippen LogP contribution < -0.4 is 11.1 Å². The summed E-state index contributed by atoms with van der Waals surface area (Å²) in [7, 11) is 0. The Morgan fingerprint density at radius 2 is 2.50 bits per heavy atom. The van der Waals surface area contributed by atoms with Gasteiger partial charge in [0, 0.05) is 19.6 Å². The molecule has 1 aliphatic heterocycles. The molecule has 0 bridgehead atoms. The molecule has 1 unspecified atom stereocenters. The highest BCUT2D eigenvalue weighted by Crippen LogP contribution is 2.04. The summed E-state index contributed by atoms with van der Waals surface area (Å²) in [5.41, 5.74) is 5.45. The molecule has 4 nitrogen and oxygen atoms in total. The van der Waals surface area contributed by atoms with E-state index in [0.29, 0.717) is 6.54 Å². The van der Waals surface area contributed by atoms with E-state index >= 15 is 0 Å². The molecule has 0 radical (unpaired) electrons. The van der Waals surface area contributed by atoms with Gasteiger partial charge in [0.1, 0.15) is 0 Å². The monoisotopic (exact) mass is 171 g/mol. The summed E-state index contributed by atoms with van der Waals surface area (Å²) in [5.74, 6) is 0. The van der Waals surface area contributed by atoms with Crippen LogP contribution in [0.2, 0.25) is 0 Å². The predicted molar refractivity (Wildman–Crippen MR) is 47.9 cm³/mol. The molecule has 2 amide bonds. The number of carbonyl (C=O) groups is 1. The molecule has 1 rings (SSSR count). The van der Waals surface area contributed by atoms with Gasteiger partial charge in [0.25, 0.3) is 0 Å². The Bertz CT molecular complexity index is 160. The summed E-state index contributed by atoms with van der Waals surface area (Å²) >= 11 is 0. The number of hydrogen-bond acceptors (Lipinski definition) is 2. The summed E-state index contributed by atoms with van der Waals surface area (Å²) in [6, 6.07) is 0.202. The molecular weight excluding hydrogens is 154 g/mol. The Kier molecular flexibility index (Phi) is 3.34. The zero-order chi connectivity index (χ0) is 8.97. The molecular formula is C8H17N3O. The van der Waals surface area contributed by atoms with Gasteiger partial charge in [-0.3, -0.25) is 0 Å². The van der Waals surface area contributed by atoms with Gasteiger partial charge in [-0.05, 0) is 6.42 Å². The molecule has 0 saturated carbocycles. The van der Waals surface area contributed by atoms with Crippen molar-refractivity contribution in [3.63, 3.8) is 0 Å². The van der Waals surface area contributed by atoms with E-state index in [2.05, 4.69) is 12.2 Å². The molecule has 4 heteroatoms. The maximum atomic E-state index is 11.2. The van der Waals surface area contributed by atoms with Crippen molar-refractivity contribution in [2.24, 2.45) is 5.73 Å². The fourth-order valence-corrected chi connectivity index (χ4v) is 1.34. The Balaban J connectivity index is 2.31. The lowest BCUT2D eigenvalue weighted by Gasteiger charge is -2.12. The minimum Gasteiger partial charge on any atom is -0.332 e. The normalized spacial score (nSPS) is 23.0. The third-order valence-electron chi connectivity index (χ3n) is 2.12. The zero-order valence-corrected chi connectivity index (χ0v) is 7.55. The largest absolute Gasteiger partial charge is 0.332 e. The van der Waals surface area contributed by atoms with Crippen molar-refractivity contribution in [3.8, 4) is 0 Å². The first-order chi connectivity index (χ1) is 5.77. The minimum atomic E-state index is 0.0406. The van der Waals surface area contributed by atoms with Gasteiger partial charge in [-0.15, -0.1) is 0 Å². The van der Waals surface area contributed by atoms with Crippen molar-refractivity contribution in [3.05, 3.63) is 0 Å². The first-order valence-corrected chi connectivity index (χ1v) is 4.53. The van der Waals surface area contributed by atoms with Gasteiger partial charge in [-0.1, -0.05) is 13.3 Å². The summed E-state index contributed by atoms with van der Waals surface area (Å²) in [4.78, 5) is 13.0. The van der Waals surface area contributed by atoms with E-state index in [1.807, 2.05) is 4.90 Å². The van der Waals surface area contributed by atoms with Crippen LogP contribution in [0.25, 0.3) is 0 Å². The third kappa shape index (κ3) is 2.11. The number of unbranched alkanes of at least 4 members (excludes halogenated alkanes) is 1. The lowest BCUT2D eigenvalue weighted by molar-refractivity contribution is 0.217. The molecule has 0 aromatic rings. The molecule has 0 aromatic heterocycles. The van der Waals surface area contributed by atoms with E-state index in [0.717, 1.165) is 25.9 Å². The van der Waals surface area contributed by atoms with Gasteiger partial charge in [0.05, 0.1) is 6.04 Å². The molecule has 1 fully saturated rings. The van der Waals surface area contributed by atoms with E-state index in [1.54, 1.807) is 0 Å². The SMILES string of the molecule is CCCCN1CC(CN)NC1=O. The van der Waals surface area contributed by atoms with Crippen LogP contribution in [0.3, 0.4) is 0 Å². The van der Waals surface area contributed by atoms with Gasteiger partial charge in [0.2, 0.25) is 0 Å². The van der Waals surface area contributed by atoms with Gasteiger partial charge in [-0.25, -0.2) is 4.79 Å². The minimum absolute atomic E-state index is 0.0406. The second-order valence-electron chi connectivity index (χ2n) is 3.18. The van der Waals surface area contributed by atoms with E-state index < -0.39 is 0 Å². The number of hydrogen-bond donors (Lipinski definition) is 2. The van der Waals surface area contributed by atoms with E-state index in [4.69, 9.17) is 5.73 Å². The van der Waals surface area contributed by atoms with Crippen molar-refractivity contribution < 1.29 is 4.79 Å². The molecule has 0 aromatic carbocycles. The highest BCUT2D eigenvalue weighted by molar-refractivity contribution is 5.76. The first kappa shape index (κ1) is 9.32. The van der Waals surface area contributed by atoms with Crippen molar-refractivity contribution in [2.45, 2.75) is 25.8 Å². The molecule has 0 aliphatic carbocycles. The lowest BCUT2D eigenvalue weighted by atomic mass is 10.3. The fourth-order valence-electron chi connectivity index (χ4n) is 1.34. The number of urea groups is 1. The molecule has 1 aliphatic rings. The van der Waals surface area contributed by atoms with E-state index in [9.17, 15) is 4.79 Å². The lowest BCUT2D eigenvalue weighted by Crippen LogP contribution is -2.33. The van der Waals surface area contributed by atoms with Crippen LogP contribution >= 0.6 is 0 Å². The number of nitrogens with one attached hydrogen (secondary N) is 1. The third-order valence-corrected chi connectivity index (χ3v) is 2.12. The topological polar surface area (TPSA) is 58.4 Å². The van der Waals surface area contributed by atoms with Crippen LogP contribution in [0.4, 0.5) is 4.79 Å². The van der Waals surface area contributed by atoms with Gasteiger partial charge in [-0.2, -0.15) is 0 Å². The van der Waals surface area contributed by atoms with Crippen LogP contribution in [-0.2, 0) is 0 Å². The molecule has 0 spiro atoms. The first-order valence-electron chi connectivity index (χ1n) is 4.53. The summed E-state index contributed by atoms with van der Waals surface area (Å²) in [5, 5.41) is 2.82. The number of nitrogens with zero attached hydrogens (tertiary/aromatic N) is 1. The van der Waals surface area contributed by atoms with Crippen LogP contribution in [0.15, 0.2) is 0 Å². The van der Waals surface area contributed by atoms with Gasteiger partial charge >= 0.3 is 6.03 Å². The van der Waals surface area contributed by atoms with Gasteiger partial charge in [0.15, 0.2) is 0 Å². The number of nitrogens with two attached hydrogens (primary N) is 1. The molecule has 1 heterocycles. The smallest absolute Gasteiger partial charge is 0.317 e. The van der Waals surface area contributed by atoms with Crippen molar-refractivity contribution in [2.75, 3.05) is 19.6 Å². The Hall–Kier alpha value is -0.770. The quantitative estimate of drug-likeness (QED) is 0.632. The van der Waals surface area contributed by atoms with Crippen LogP contribution in [0, 0.1) is 0 Å². The van der Waals surface area contributed by atoms with Crippen molar-refractivity contribution in [1.82, 2.24) is 10.2 Å². The standard InChI is InChI=1S/C8H17N3O/c1-2-3-4-11-6-7(5-9)10-8(11)12/h7H,2-6,9H2,1H3,(H,10,12). The Labute approximate surface area is 73.1 Å². The summed E-state index contributed by atoms with van der Waals surface area (Å²) in [6.45, 7) is 4.29. The van der Waals surface area contributed by atoms with E-state index in [-0.39, 0.29) is 12.1 Å². The molecule has 70 valence electrons. The average molecular weight is 171 g/mol. The molecule has 12 heavy (non-hydrogen) atoms. The maximum Gasteiger partial charge on any atom is 0.317 e. The number of amides is 2. The second kappa shape index (κ2) is 4.30. The van der Waals surface area contributed by atoms with Crippen LogP contribution in [-0.4, -0.2) is 36.6 Å². The average Bonchev–Trinajstić information content (AvgIpc) is 2.43.